The number of anilines is 1. The highest BCUT2D eigenvalue weighted by Crippen LogP contribution is 2.61. The molecule has 18 heteroatoms. The summed E-state index contributed by atoms with van der Waals surface area (Å²) in [6.45, 7) is 1.31. The molecule has 4 aromatic heterocycles. The minimum absolute atomic E-state index is 0. The summed E-state index contributed by atoms with van der Waals surface area (Å²) in [7, 11) is 0. The maximum absolute atomic E-state index is 9.51. The number of aromatic nitrogens is 4. The molecule has 0 fully saturated rings. The molecule has 1 amide bonds. The minimum atomic E-state index is -3.22. The second-order valence-corrected chi connectivity index (χ2v) is 21.3. The van der Waals surface area contributed by atoms with Gasteiger partial charge in [0.15, 0.2) is 0 Å². The van der Waals surface area contributed by atoms with Crippen molar-refractivity contribution >= 4 is 169 Å². The lowest BCUT2D eigenvalue weighted by Crippen LogP contribution is -2.27. The van der Waals surface area contributed by atoms with Crippen LogP contribution in [0.3, 0.4) is 0 Å². The van der Waals surface area contributed by atoms with Gasteiger partial charge in [0.05, 0.1) is 5.39 Å². The summed E-state index contributed by atoms with van der Waals surface area (Å²) in [5, 5.41) is 15.1. The highest BCUT2D eigenvalue weighted by molar-refractivity contribution is 9.11. The number of primary amides is 1. The topological polar surface area (TPSA) is 149 Å². The van der Waals surface area contributed by atoms with Crippen molar-refractivity contribution in [3.05, 3.63) is 157 Å². The largest absolute Gasteiger partial charge is 0.383 e. The molecule has 8 aromatic rings. The summed E-state index contributed by atoms with van der Waals surface area (Å²) in [5.41, 5.74) is 10.2. The van der Waals surface area contributed by atoms with E-state index in [-0.39, 0.29) is 13.3 Å². The van der Waals surface area contributed by atoms with E-state index < -0.39 is 5.20 Å². The van der Waals surface area contributed by atoms with Crippen LogP contribution in [0.2, 0.25) is 5.15 Å². The van der Waals surface area contributed by atoms with Gasteiger partial charge in [0.2, 0.25) is 18.3 Å². The summed E-state index contributed by atoms with van der Waals surface area (Å²) < 4.78 is 14.8. The first-order valence-electron chi connectivity index (χ1n) is 15.7. The van der Waals surface area contributed by atoms with Gasteiger partial charge >= 0.3 is 5.20 Å². The molecule has 4 heterocycles. The Morgan fingerprint density at radius 3 is 1.60 bits per heavy atom. The second kappa shape index (κ2) is 24.7. The van der Waals surface area contributed by atoms with Crippen molar-refractivity contribution < 1.29 is 19.3 Å². The number of nitrogen functional groups attached to an aromatic ring is 1. The van der Waals surface area contributed by atoms with Crippen molar-refractivity contribution in [3.63, 3.8) is 0 Å². The highest BCUT2D eigenvalue weighted by atomic mass is 79.9. The summed E-state index contributed by atoms with van der Waals surface area (Å²) in [5.74, 6) is 0.244. The van der Waals surface area contributed by atoms with Gasteiger partial charge in [0.1, 0.15) is 11.0 Å². The van der Waals surface area contributed by atoms with E-state index in [9.17, 15) is 9.36 Å². The molecule has 0 aliphatic rings. The molecule has 0 aliphatic carbocycles. The van der Waals surface area contributed by atoms with Crippen LogP contribution in [0.15, 0.2) is 152 Å². The van der Waals surface area contributed by atoms with Gasteiger partial charge in [0.25, 0.3) is 0 Å². The van der Waals surface area contributed by atoms with Crippen molar-refractivity contribution in [2.24, 2.45) is 5.73 Å². The van der Waals surface area contributed by atoms with E-state index in [1.165, 1.54) is 17.7 Å². The zero-order chi connectivity index (χ0) is 41.4. The molecule has 0 unspecified atom stereocenters. The maximum atomic E-state index is 9.51. The molecule has 0 bridgehead atoms. The Morgan fingerprint density at radius 1 is 0.667 bits per heavy atom. The molecule has 57 heavy (non-hydrogen) atoms. The van der Waals surface area contributed by atoms with Crippen LogP contribution in [-0.4, -0.2) is 26.1 Å². The van der Waals surface area contributed by atoms with Gasteiger partial charge in [-0.2, -0.15) is 0 Å². The third-order valence-corrected chi connectivity index (χ3v) is 9.93. The van der Waals surface area contributed by atoms with Crippen molar-refractivity contribution in [3.8, 4) is 0 Å². The number of hydrogen-bond donors (Lipinski definition) is 3. The lowest BCUT2D eigenvalue weighted by atomic mass is 10.2. The Balaban J connectivity index is 0.000000244. The van der Waals surface area contributed by atoms with Gasteiger partial charge < -0.3 is 11.5 Å². The molecule has 0 saturated heterocycles. The van der Waals surface area contributed by atoms with Crippen LogP contribution in [0.5, 0.6) is 0 Å². The molecule has 5 N–H and O–H groups in total. The summed E-state index contributed by atoms with van der Waals surface area (Å²) in [6, 6.07) is 31.5. The smallest absolute Gasteiger partial charge is 0.339 e. The zero-order valence-electron chi connectivity index (χ0n) is 28.9. The van der Waals surface area contributed by atoms with E-state index in [0.29, 0.717) is 11.0 Å². The summed E-state index contributed by atoms with van der Waals surface area (Å²) in [4.78, 5) is 21.3. The molecule has 4 aromatic carbocycles. The van der Waals surface area contributed by atoms with Crippen molar-refractivity contribution in [1.29, 1.82) is 0 Å². The predicted molar refractivity (Wildman–Crippen MR) is 254 cm³/mol. The van der Waals surface area contributed by atoms with Gasteiger partial charge in [-0.05, 0) is 87.6 Å². The van der Waals surface area contributed by atoms with Crippen LogP contribution >= 0.6 is 114 Å². The first kappa shape index (κ1) is 50.0. The molecular weight excluding hydrogens is 1090 g/mol. The zero-order valence-corrected chi connectivity index (χ0v) is 39.1. The van der Waals surface area contributed by atoms with Gasteiger partial charge in [-0.1, -0.05) is 125 Å². The minimum Gasteiger partial charge on any atom is -0.383 e. The van der Waals surface area contributed by atoms with Gasteiger partial charge in [-0.3, -0.25) is 19.6 Å². The number of benzene rings is 4. The average Bonchev–Trinajstić information content (AvgIpc) is 3.13. The van der Waals surface area contributed by atoms with E-state index in [4.69, 9.17) is 22.5 Å². The Morgan fingerprint density at radius 2 is 1.09 bits per heavy atom. The number of halogens is 8. The maximum Gasteiger partial charge on any atom is 0.339 e. The number of carbonyl (C=O) groups is 1. The fourth-order valence-electron chi connectivity index (χ4n) is 4.59. The van der Waals surface area contributed by atoms with Crippen LogP contribution in [0.25, 0.3) is 43.1 Å². The number of nitrogens with two attached hydrogens (primary N) is 2. The lowest BCUT2D eigenvalue weighted by molar-refractivity contribution is -0.903. The molecule has 8 rings (SSSR count). The monoisotopic (exact) mass is 1120 g/mol. The molecule has 0 atom stereocenters. The third-order valence-electron chi connectivity index (χ3n) is 6.87. The number of carbonyl (C=O) groups excluding carboxylic acids is 1. The first-order valence-corrected chi connectivity index (χ1v) is 23.6. The van der Waals surface area contributed by atoms with Crippen LogP contribution in [0, 0.1) is 0 Å². The second-order valence-electron chi connectivity index (χ2n) is 10.9. The molecule has 0 spiro atoms. The Hall–Kier alpha value is -3.10. The molecule has 0 radical (unpaired) electrons. The van der Waals surface area contributed by atoms with Crippen molar-refractivity contribution in [2.75, 3.05) is 5.73 Å². The van der Waals surface area contributed by atoms with E-state index in [0.717, 1.165) is 54.9 Å². The molecule has 298 valence electrons. The number of rotatable bonds is 0. The standard InChI is InChI=1S/C9H5BrClN.C9H7BrN2.C9H7BrNO.C9H6BrN.C2H5NO.CH4.Cl3OP/c2*10-8-3-1-2-7-6(8)4-5-12-9(7)11;10-9-3-1-2-7-6-11(12)5-4-8(7)9;10-9-3-1-2-7-6-11-5-4-8(7)9;1-2(3)4;;1-5(2,3)4/h1-5H;1-5H,(H2,11,12);1-6,12H;1-6H;1H3,(H2,3,4);1H4;/q;;+1;;;;. The Labute approximate surface area is 382 Å². The summed E-state index contributed by atoms with van der Waals surface area (Å²) in [6.07, 6.45) is 10.3. The van der Waals surface area contributed by atoms with Gasteiger partial charge in [-0.25, -0.2) is 9.97 Å². The van der Waals surface area contributed by atoms with Crippen LogP contribution < -0.4 is 16.2 Å². The normalized spacial score (nSPS) is 10.1. The highest BCUT2D eigenvalue weighted by Gasteiger charge is 2.04. The lowest BCUT2D eigenvalue weighted by Gasteiger charge is -2.01. The molecular formula is C39H34Br4Cl4N6O3P+. The fraction of sp³-hybridized carbons (Fsp3) is 0.0513. The first-order chi connectivity index (χ1) is 26.5. The van der Waals surface area contributed by atoms with Crippen molar-refractivity contribution in [2.45, 2.75) is 14.4 Å². The third kappa shape index (κ3) is 17.3. The number of amides is 1. The van der Waals surface area contributed by atoms with E-state index >= 15 is 0 Å². The van der Waals surface area contributed by atoms with Crippen LogP contribution in [0.4, 0.5) is 5.82 Å². The predicted octanol–water partition coefficient (Wildman–Crippen LogP) is 14.3. The van der Waals surface area contributed by atoms with Crippen LogP contribution in [0.1, 0.15) is 14.4 Å². The summed E-state index contributed by atoms with van der Waals surface area (Å²) >= 11 is 33.5. The molecule has 0 aliphatic heterocycles. The Kier molecular flexibility index (Phi) is 21.7. The van der Waals surface area contributed by atoms with Crippen LogP contribution in [-0.2, 0) is 9.36 Å². The van der Waals surface area contributed by atoms with E-state index in [1.807, 2.05) is 103 Å². The Bertz CT molecular complexity index is 2440. The number of fused-ring (bicyclic) bond motifs is 4. The van der Waals surface area contributed by atoms with E-state index in [2.05, 4.69) is 118 Å². The average molecular weight is 1130 g/mol. The van der Waals surface area contributed by atoms with E-state index in [1.54, 1.807) is 31.0 Å². The van der Waals surface area contributed by atoms with Crippen molar-refractivity contribution in [1.82, 2.24) is 15.0 Å². The van der Waals surface area contributed by atoms with Gasteiger partial charge in [-0.15, -0.1) is 0 Å². The number of nitrogens with zero attached hydrogens (tertiary/aromatic N) is 4. The number of pyridine rings is 4. The van der Waals surface area contributed by atoms with Gasteiger partial charge in [0, 0.05) is 92.7 Å². The SMILES string of the molecule is Brc1cccc2cnccc12.C.CC(N)=O.Clc1nccc2c(Br)cccc12.Nc1nccc2c(Br)cccc12.O=P(Cl)(Cl)Cl.O[n+]1ccc2c(Br)cccc2c1. The molecule has 9 nitrogen and oxygen atoms in total. The quantitative estimate of drug-likeness (QED) is 0.0592. The molecule has 0 saturated carbocycles. The fourth-order valence-corrected chi connectivity index (χ4v) is 6.83. The number of hydrogen-bond acceptors (Lipinski definition) is 7.